The van der Waals surface area contributed by atoms with Crippen molar-refractivity contribution in [3.63, 3.8) is 0 Å². The van der Waals surface area contributed by atoms with Crippen molar-refractivity contribution in [2.75, 3.05) is 0 Å². The Morgan fingerprint density at radius 3 is 2.29 bits per heavy atom. The normalized spacial score (nSPS) is 13.9. The van der Waals surface area contributed by atoms with Crippen molar-refractivity contribution in [3.05, 3.63) is 35.9 Å². The van der Waals surface area contributed by atoms with Gasteiger partial charge in [0.25, 0.3) is 0 Å². The fourth-order valence-corrected chi connectivity index (χ4v) is 1.00. The molecule has 1 aromatic rings. The highest BCUT2D eigenvalue weighted by Gasteiger charge is 2.16. The Bertz CT molecular complexity index is 291. The average Bonchev–Trinajstić information content (AvgIpc) is 2.17. The zero-order chi connectivity index (χ0) is 9.84. The smallest absolute Gasteiger partial charge is 0.112 e. The monoisotopic (exact) mass is 216 g/mol. The molecule has 2 unspecified atom stereocenters. The standard InChI is InChI=1S/C9H11NO3.ClH/c10-7(8(11)9(12)13)6-4-2-1-3-5-6;/h1-5,7-8,11H,10H2,(H,12,13);1H/p-1. The molecule has 0 saturated heterocycles. The summed E-state index contributed by atoms with van der Waals surface area (Å²) in [5, 5.41) is 19.3. The number of rotatable bonds is 3. The van der Waals surface area contributed by atoms with Gasteiger partial charge < -0.3 is 20.7 Å². The van der Waals surface area contributed by atoms with Crippen molar-refractivity contribution in [2.24, 2.45) is 5.73 Å². The summed E-state index contributed by atoms with van der Waals surface area (Å²) in [5.74, 6) is -1.56. The Kier molecular flexibility index (Phi) is 5.15. The molecule has 0 heterocycles. The van der Waals surface area contributed by atoms with Gasteiger partial charge in [-0.1, -0.05) is 30.3 Å². The third-order valence-corrected chi connectivity index (χ3v) is 1.77. The third kappa shape index (κ3) is 2.99. The highest BCUT2D eigenvalue weighted by atomic mass is 35.5. The van der Waals surface area contributed by atoms with E-state index in [4.69, 9.17) is 10.8 Å². The summed E-state index contributed by atoms with van der Waals surface area (Å²) in [6.45, 7) is 0. The molecule has 0 radical (unpaired) electrons. The van der Waals surface area contributed by atoms with E-state index in [-0.39, 0.29) is 12.4 Å². The molecule has 0 fully saturated rings. The number of hydrogen-bond donors (Lipinski definition) is 2. The Hall–Kier alpha value is -1.10. The van der Waals surface area contributed by atoms with E-state index in [0.717, 1.165) is 0 Å². The summed E-state index contributed by atoms with van der Waals surface area (Å²) in [5.41, 5.74) is 6.04. The molecule has 4 nitrogen and oxygen atoms in total. The molecule has 0 spiro atoms. The quantitative estimate of drug-likeness (QED) is 0.694. The molecule has 0 aliphatic rings. The third-order valence-electron chi connectivity index (χ3n) is 1.77. The lowest BCUT2D eigenvalue weighted by atomic mass is 10.0. The van der Waals surface area contributed by atoms with Crippen molar-refractivity contribution >= 4 is 18.4 Å². The van der Waals surface area contributed by atoms with Crippen LogP contribution in [0.25, 0.3) is 0 Å². The average molecular weight is 217 g/mol. The number of carboxylic acid groups (broad SMARTS) is 1. The summed E-state index contributed by atoms with van der Waals surface area (Å²) in [6, 6.07) is 7.58. The zero-order valence-electron chi connectivity index (χ0n) is 7.29. The van der Waals surface area contributed by atoms with E-state index in [9.17, 15) is 9.90 Å². The summed E-state index contributed by atoms with van der Waals surface area (Å²) in [4.78, 5) is 10.3. The van der Waals surface area contributed by atoms with Crippen LogP contribution in [0.2, 0.25) is 0 Å². The summed E-state index contributed by atoms with van der Waals surface area (Å²) >= 11 is 0. The number of halogens is 1. The van der Waals surface area contributed by atoms with E-state index in [0.29, 0.717) is 5.56 Å². The number of carbonyl (C=O) groups is 1. The lowest BCUT2D eigenvalue weighted by Crippen LogP contribution is -2.42. The lowest BCUT2D eigenvalue weighted by molar-refractivity contribution is -0.315. The predicted octanol–water partition coefficient (Wildman–Crippen LogP) is -0.781. The Balaban J connectivity index is 0.00000169. The molecule has 1 aromatic carbocycles. The van der Waals surface area contributed by atoms with Gasteiger partial charge in [-0.15, -0.1) is 12.4 Å². The van der Waals surface area contributed by atoms with Gasteiger partial charge >= 0.3 is 0 Å². The Labute approximate surface area is 87.8 Å². The minimum Gasteiger partial charge on any atom is -0.547 e. The van der Waals surface area contributed by atoms with Crippen LogP contribution in [-0.2, 0) is 4.79 Å². The van der Waals surface area contributed by atoms with Crippen molar-refractivity contribution < 1.29 is 15.0 Å². The van der Waals surface area contributed by atoms with E-state index in [1.165, 1.54) is 0 Å². The van der Waals surface area contributed by atoms with Gasteiger partial charge in [0.1, 0.15) is 6.10 Å². The molecule has 0 aliphatic carbocycles. The molecule has 0 bridgehead atoms. The highest BCUT2D eigenvalue weighted by Crippen LogP contribution is 2.12. The number of aliphatic hydroxyl groups is 1. The van der Waals surface area contributed by atoms with Crippen LogP contribution in [0.15, 0.2) is 30.3 Å². The van der Waals surface area contributed by atoms with Crippen molar-refractivity contribution in [1.29, 1.82) is 0 Å². The minimum absolute atomic E-state index is 0. The molecule has 14 heavy (non-hydrogen) atoms. The van der Waals surface area contributed by atoms with Crippen LogP contribution in [0, 0.1) is 0 Å². The number of benzene rings is 1. The fourth-order valence-electron chi connectivity index (χ4n) is 1.00. The van der Waals surface area contributed by atoms with E-state index in [1.807, 2.05) is 0 Å². The maximum Gasteiger partial charge on any atom is 0.112 e. The van der Waals surface area contributed by atoms with Crippen LogP contribution < -0.4 is 10.8 Å². The summed E-state index contributed by atoms with van der Waals surface area (Å²) < 4.78 is 0. The number of carboxylic acids is 1. The maximum atomic E-state index is 10.3. The van der Waals surface area contributed by atoms with Crippen LogP contribution in [0.1, 0.15) is 11.6 Å². The first-order valence-electron chi connectivity index (χ1n) is 3.82. The predicted molar refractivity (Wildman–Crippen MR) is 51.6 cm³/mol. The molecule has 0 aliphatic heterocycles. The summed E-state index contributed by atoms with van der Waals surface area (Å²) in [6.07, 6.45) is -1.66. The van der Waals surface area contributed by atoms with Crippen molar-refractivity contribution in [1.82, 2.24) is 0 Å². The molecular formula is C9H11ClNO3-. The van der Waals surface area contributed by atoms with Gasteiger partial charge in [-0.25, -0.2) is 0 Å². The minimum atomic E-state index is -1.66. The van der Waals surface area contributed by atoms with Gasteiger partial charge in [-0.3, -0.25) is 0 Å². The lowest BCUT2D eigenvalue weighted by Gasteiger charge is -2.19. The highest BCUT2D eigenvalue weighted by molar-refractivity contribution is 5.85. The maximum absolute atomic E-state index is 10.3. The molecule has 1 rings (SSSR count). The van der Waals surface area contributed by atoms with Crippen LogP contribution in [0.4, 0.5) is 0 Å². The number of aliphatic carboxylic acids is 1. The van der Waals surface area contributed by atoms with E-state index < -0.39 is 18.1 Å². The van der Waals surface area contributed by atoms with E-state index >= 15 is 0 Å². The topological polar surface area (TPSA) is 86.4 Å². The number of aliphatic hydroxyl groups excluding tert-OH is 1. The Morgan fingerprint density at radius 2 is 1.86 bits per heavy atom. The van der Waals surface area contributed by atoms with Crippen LogP contribution in [-0.4, -0.2) is 17.2 Å². The SMILES string of the molecule is Cl.NC(c1ccccc1)C(O)C(=O)[O-]. The molecule has 0 saturated carbocycles. The Morgan fingerprint density at radius 1 is 1.36 bits per heavy atom. The second kappa shape index (κ2) is 5.59. The van der Waals surface area contributed by atoms with Crippen LogP contribution >= 0.6 is 12.4 Å². The van der Waals surface area contributed by atoms with Crippen LogP contribution in [0.5, 0.6) is 0 Å². The zero-order valence-corrected chi connectivity index (χ0v) is 8.11. The number of nitrogens with two attached hydrogens (primary N) is 1. The molecule has 0 amide bonds. The second-order valence-corrected chi connectivity index (χ2v) is 2.70. The summed E-state index contributed by atoms with van der Waals surface area (Å²) in [7, 11) is 0. The molecular weight excluding hydrogens is 206 g/mol. The van der Waals surface area contributed by atoms with Crippen LogP contribution in [0.3, 0.4) is 0 Å². The molecule has 3 N–H and O–H groups in total. The first kappa shape index (κ1) is 12.9. The fraction of sp³-hybridized carbons (Fsp3) is 0.222. The molecule has 5 heteroatoms. The van der Waals surface area contributed by atoms with E-state index in [1.54, 1.807) is 30.3 Å². The number of carbonyl (C=O) groups excluding carboxylic acids is 1. The van der Waals surface area contributed by atoms with Crippen molar-refractivity contribution in [2.45, 2.75) is 12.1 Å². The molecule has 78 valence electrons. The van der Waals surface area contributed by atoms with Gasteiger partial charge in [-0.2, -0.15) is 0 Å². The van der Waals surface area contributed by atoms with Gasteiger partial charge in [0.15, 0.2) is 0 Å². The largest absolute Gasteiger partial charge is 0.547 e. The molecule has 2 atom stereocenters. The number of hydrogen-bond acceptors (Lipinski definition) is 4. The van der Waals surface area contributed by atoms with Gasteiger partial charge in [0.05, 0.1) is 12.0 Å². The first-order chi connectivity index (χ1) is 6.13. The van der Waals surface area contributed by atoms with Gasteiger partial charge in [0.2, 0.25) is 0 Å². The van der Waals surface area contributed by atoms with Crippen molar-refractivity contribution in [3.8, 4) is 0 Å². The first-order valence-corrected chi connectivity index (χ1v) is 3.82. The van der Waals surface area contributed by atoms with E-state index in [2.05, 4.69) is 0 Å². The molecule has 0 aromatic heterocycles. The second-order valence-electron chi connectivity index (χ2n) is 2.70. The van der Waals surface area contributed by atoms with Gasteiger partial charge in [0, 0.05) is 0 Å². The van der Waals surface area contributed by atoms with Gasteiger partial charge in [-0.05, 0) is 5.56 Å².